The fourth-order valence-electron chi connectivity index (χ4n) is 2.01. The topological polar surface area (TPSA) is 43.6 Å². The quantitative estimate of drug-likeness (QED) is 0.511. The molecule has 0 unspecified atom stereocenters. The van der Waals surface area contributed by atoms with Gasteiger partial charge in [0.05, 0.1) is 16.0 Å². The summed E-state index contributed by atoms with van der Waals surface area (Å²) in [4.78, 5) is 6.46. The first-order valence-corrected chi connectivity index (χ1v) is 5.97. The van der Waals surface area contributed by atoms with Crippen molar-refractivity contribution in [1.29, 1.82) is 0 Å². The molecule has 0 aliphatic carbocycles. The molecule has 0 spiro atoms. The lowest BCUT2D eigenvalue weighted by atomic mass is 10.1. The van der Waals surface area contributed by atoms with Crippen molar-refractivity contribution < 1.29 is 17.6 Å². The summed E-state index contributed by atoms with van der Waals surface area (Å²) in [6.45, 7) is 0. The van der Waals surface area contributed by atoms with Gasteiger partial charge in [-0.15, -0.1) is 0 Å². The molecule has 3 rings (SSSR count). The Morgan fingerprint density at radius 3 is 2.33 bits per heavy atom. The van der Waals surface area contributed by atoms with E-state index in [-0.39, 0.29) is 21.7 Å². The van der Waals surface area contributed by atoms with Gasteiger partial charge in [0, 0.05) is 13.2 Å². The molecule has 0 atom stereocenters. The lowest BCUT2D eigenvalue weighted by Gasteiger charge is -2.04. The zero-order chi connectivity index (χ0) is 15.3. The van der Waals surface area contributed by atoms with Gasteiger partial charge in [0.25, 0.3) is 11.9 Å². The summed E-state index contributed by atoms with van der Waals surface area (Å²) in [5, 5.41) is 4.04. The van der Waals surface area contributed by atoms with Crippen molar-refractivity contribution >= 4 is 22.6 Å². The number of halogens is 5. The smallest absolute Gasteiger partial charge is 0.250 e. The maximum Gasteiger partial charge on any atom is 0.252 e. The third-order valence-electron chi connectivity index (χ3n) is 2.91. The molecular formula is C12H5ClF4N4. The van der Waals surface area contributed by atoms with Gasteiger partial charge in [-0.1, -0.05) is 11.6 Å². The first-order chi connectivity index (χ1) is 9.91. The van der Waals surface area contributed by atoms with E-state index in [0.717, 1.165) is 0 Å². The van der Waals surface area contributed by atoms with Gasteiger partial charge >= 0.3 is 0 Å². The molecule has 0 saturated heterocycles. The highest BCUT2D eigenvalue weighted by atomic mass is 35.5. The molecule has 0 N–H and O–H groups in total. The molecule has 3 heterocycles. The summed E-state index contributed by atoms with van der Waals surface area (Å²) < 4.78 is 55.4. The Kier molecular flexibility index (Phi) is 3.05. The molecule has 0 aliphatic heterocycles. The highest BCUT2D eigenvalue weighted by Crippen LogP contribution is 2.35. The molecule has 0 aliphatic rings. The minimum Gasteiger partial charge on any atom is -0.250 e. The molecule has 4 nitrogen and oxygen atoms in total. The number of nitrogens with zero attached hydrogens (tertiary/aromatic N) is 4. The number of rotatable bonds is 1. The maximum atomic E-state index is 13.8. The van der Waals surface area contributed by atoms with Gasteiger partial charge in [-0.25, -0.2) is 18.4 Å². The molecular weight excluding hydrogens is 312 g/mol. The highest BCUT2D eigenvalue weighted by Gasteiger charge is 2.27. The van der Waals surface area contributed by atoms with Crippen LogP contribution in [0.4, 0.5) is 17.6 Å². The SMILES string of the molecule is Cn1nc(-c2c(F)c(F)nc(F)c2F)c2c(Cl)ccnc21. The molecule has 0 amide bonds. The van der Waals surface area contributed by atoms with Crippen molar-refractivity contribution in [3.63, 3.8) is 0 Å². The Morgan fingerprint density at radius 2 is 1.71 bits per heavy atom. The average Bonchev–Trinajstić information content (AvgIpc) is 2.76. The summed E-state index contributed by atoms with van der Waals surface area (Å²) in [5.74, 6) is -6.81. The summed E-state index contributed by atoms with van der Waals surface area (Å²) >= 11 is 5.97. The number of pyridine rings is 2. The fraction of sp³-hybridized carbons (Fsp3) is 0.0833. The van der Waals surface area contributed by atoms with Crippen LogP contribution >= 0.6 is 11.6 Å². The Bertz CT molecular complexity index is 851. The molecule has 0 fully saturated rings. The van der Waals surface area contributed by atoms with E-state index in [1.807, 2.05) is 0 Å². The number of aromatic nitrogens is 4. The molecule has 108 valence electrons. The van der Waals surface area contributed by atoms with Crippen molar-refractivity contribution in [2.24, 2.45) is 7.05 Å². The van der Waals surface area contributed by atoms with Crippen LogP contribution in [-0.2, 0) is 7.05 Å². The zero-order valence-corrected chi connectivity index (χ0v) is 11.1. The predicted molar refractivity (Wildman–Crippen MR) is 66.6 cm³/mol. The van der Waals surface area contributed by atoms with E-state index in [9.17, 15) is 17.6 Å². The highest BCUT2D eigenvalue weighted by molar-refractivity contribution is 6.36. The first-order valence-electron chi connectivity index (χ1n) is 5.59. The Hall–Kier alpha value is -2.22. The van der Waals surface area contributed by atoms with Crippen LogP contribution in [0.1, 0.15) is 0 Å². The first kappa shape index (κ1) is 13.7. The van der Waals surface area contributed by atoms with Crippen molar-refractivity contribution in [3.8, 4) is 11.3 Å². The van der Waals surface area contributed by atoms with E-state index >= 15 is 0 Å². The number of hydrogen-bond donors (Lipinski definition) is 0. The van der Waals surface area contributed by atoms with Crippen LogP contribution in [0.3, 0.4) is 0 Å². The van der Waals surface area contributed by atoms with Crippen LogP contribution in [-0.4, -0.2) is 19.7 Å². The van der Waals surface area contributed by atoms with E-state index in [4.69, 9.17) is 11.6 Å². The summed E-state index contributed by atoms with van der Waals surface area (Å²) in [5.41, 5.74) is -1.10. The Balaban J connectivity index is 2.48. The van der Waals surface area contributed by atoms with Gasteiger partial charge in [0.1, 0.15) is 5.69 Å². The van der Waals surface area contributed by atoms with Gasteiger partial charge in [-0.2, -0.15) is 18.9 Å². The number of hydrogen-bond acceptors (Lipinski definition) is 3. The van der Waals surface area contributed by atoms with E-state index in [1.54, 1.807) is 0 Å². The normalized spacial score (nSPS) is 11.3. The predicted octanol–water partition coefficient (Wildman–Crippen LogP) is 3.24. The summed E-state index contributed by atoms with van der Waals surface area (Å²) in [6.07, 6.45) is 1.37. The van der Waals surface area contributed by atoms with Crippen LogP contribution in [0.25, 0.3) is 22.3 Å². The van der Waals surface area contributed by atoms with Crippen molar-refractivity contribution in [3.05, 3.63) is 40.8 Å². The van der Waals surface area contributed by atoms with Crippen LogP contribution in [0, 0.1) is 23.5 Å². The molecule has 0 radical (unpaired) electrons. The number of fused-ring (bicyclic) bond motifs is 1. The molecule has 0 aromatic carbocycles. The second-order valence-electron chi connectivity index (χ2n) is 4.16. The zero-order valence-electron chi connectivity index (χ0n) is 10.3. The Labute approximate surface area is 120 Å². The summed E-state index contributed by atoms with van der Waals surface area (Å²) in [7, 11) is 1.46. The van der Waals surface area contributed by atoms with Gasteiger partial charge in [0.2, 0.25) is 0 Å². The maximum absolute atomic E-state index is 13.8. The molecule has 0 saturated carbocycles. The third-order valence-corrected chi connectivity index (χ3v) is 3.22. The second kappa shape index (κ2) is 4.66. The van der Waals surface area contributed by atoms with Gasteiger partial charge in [-0.05, 0) is 6.07 Å². The van der Waals surface area contributed by atoms with Crippen LogP contribution < -0.4 is 0 Å². The largest absolute Gasteiger partial charge is 0.252 e. The lowest BCUT2D eigenvalue weighted by Crippen LogP contribution is -2.03. The monoisotopic (exact) mass is 316 g/mol. The minimum absolute atomic E-state index is 0.0875. The molecule has 3 aromatic rings. The molecule has 0 bridgehead atoms. The van der Waals surface area contributed by atoms with Crippen molar-refractivity contribution in [1.82, 2.24) is 19.7 Å². The van der Waals surface area contributed by atoms with E-state index in [0.29, 0.717) is 0 Å². The van der Waals surface area contributed by atoms with Crippen LogP contribution in [0.2, 0.25) is 5.02 Å². The van der Waals surface area contributed by atoms with Crippen molar-refractivity contribution in [2.45, 2.75) is 0 Å². The number of aryl methyl sites for hydroxylation is 1. The van der Waals surface area contributed by atoms with E-state index in [1.165, 1.54) is 24.0 Å². The van der Waals surface area contributed by atoms with Crippen molar-refractivity contribution in [2.75, 3.05) is 0 Å². The fourth-order valence-corrected chi connectivity index (χ4v) is 2.24. The second-order valence-corrected chi connectivity index (χ2v) is 4.57. The Morgan fingerprint density at radius 1 is 1.10 bits per heavy atom. The summed E-state index contributed by atoms with van der Waals surface area (Å²) in [6, 6.07) is 1.37. The molecule has 21 heavy (non-hydrogen) atoms. The van der Waals surface area contributed by atoms with Crippen LogP contribution in [0.5, 0.6) is 0 Å². The minimum atomic E-state index is -1.76. The third kappa shape index (κ3) is 1.94. The van der Waals surface area contributed by atoms with Gasteiger partial charge in [-0.3, -0.25) is 0 Å². The standard InChI is InChI=1S/C12H5ClF4N4/c1-21-12-5(4(13)2-3-18-12)9(20-21)6-7(14)10(16)19-11(17)8(6)15/h2-3H,1H3. The molecule has 3 aromatic heterocycles. The average molecular weight is 317 g/mol. The van der Waals surface area contributed by atoms with Gasteiger partial charge < -0.3 is 0 Å². The molecule has 9 heteroatoms. The van der Waals surface area contributed by atoms with E-state index < -0.39 is 29.1 Å². The van der Waals surface area contributed by atoms with Gasteiger partial charge in [0.15, 0.2) is 17.3 Å². The van der Waals surface area contributed by atoms with E-state index in [2.05, 4.69) is 15.1 Å². The van der Waals surface area contributed by atoms with Crippen LogP contribution in [0.15, 0.2) is 12.3 Å². The lowest BCUT2D eigenvalue weighted by molar-refractivity contribution is 0.410.